The molecule has 1 aliphatic rings. The van der Waals surface area contributed by atoms with E-state index >= 15 is 0 Å². The second-order valence-electron chi connectivity index (χ2n) is 4.71. The summed E-state index contributed by atoms with van der Waals surface area (Å²) in [4.78, 5) is 11.7. The zero-order chi connectivity index (χ0) is 15.2. The molecule has 0 radical (unpaired) electrons. The fraction of sp³-hybridized carbons (Fsp3) is 0.353. The van der Waals surface area contributed by atoms with Crippen molar-refractivity contribution in [2.24, 2.45) is 0 Å². The highest BCUT2D eigenvalue weighted by atomic mass is 16.5. The summed E-state index contributed by atoms with van der Waals surface area (Å²) in [7, 11) is 3.15. The maximum absolute atomic E-state index is 11.7. The van der Waals surface area contributed by atoms with Crippen LogP contribution in [0.5, 0.6) is 11.5 Å². The van der Waals surface area contributed by atoms with Gasteiger partial charge in [0.2, 0.25) is 0 Å². The summed E-state index contributed by atoms with van der Waals surface area (Å²) >= 11 is 0. The van der Waals surface area contributed by atoms with Crippen molar-refractivity contribution in [3.05, 3.63) is 34.9 Å². The van der Waals surface area contributed by atoms with Crippen LogP contribution in [0.3, 0.4) is 0 Å². The van der Waals surface area contributed by atoms with Gasteiger partial charge in [-0.2, -0.15) is 0 Å². The average molecular weight is 286 g/mol. The van der Waals surface area contributed by atoms with E-state index in [0.29, 0.717) is 23.5 Å². The predicted molar refractivity (Wildman–Crippen MR) is 79.4 cm³/mol. The van der Waals surface area contributed by atoms with Crippen LogP contribution in [0, 0.1) is 11.8 Å². The number of ketones is 1. The molecule has 2 rings (SSSR count). The number of Topliss-reactive ketones (excluding diaryl/α,β-unsaturated/α-hetero) is 1. The topological polar surface area (TPSA) is 55.8 Å². The zero-order valence-electron chi connectivity index (χ0n) is 12.2. The number of carbonyl (C=O) groups excluding carboxylic acids is 1. The number of hydrogen-bond acceptors (Lipinski definition) is 4. The molecule has 0 spiro atoms. The van der Waals surface area contributed by atoms with Crippen LogP contribution >= 0.6 is 0 Å². The summed E-state index contributed by atoms with van der Waals surface area (Å²) in [6.45, 7) is -0.241. The van der Waals surface area contributed by atoms with Crippen molar-refractivity contribution < 1.29 is 19.4 Å². The summed E-state index contributed by atoms with van der Waals surface area (Å²) < 4.78 is 10.4. The summed E-state index contributed by atoms with van der Waals surface area (Å²) in [6.07, 6.45) is 2.03. The number of aliphatic hydroxyl groups excluding tert-OH is 1. The molecule has 1 aromatic carbocycles. The van der Waals surface area contributed by atoms with E-state index in [-0.39, 0.29) is 12.4 Å². The van der Waals surface area contributed by atoms with Crippen LogP contribution in [0.2, 0.25) is 0 Å². The molecule has 0 heterocycles. The quantitative estimate of drug-likeness (QED) is 0.865. The van der Waals surface area contributed by atoms with E-state index in [1.807, 2.05) is 6.07 Å². The Morgan fingerprint density at radius 3 is 2.57 bits per heavy atom. The maximum Gasteiger partial charge on any atom is 0.162 e. The van der Waals surface area contributed by atoms with Crippen molar-refractivity contribution in [2.45, 2.75) is 19.3 Å². The van der Waals surface area contributed by atoms with Gasteiger partial charge >= 0.3 is 0 Å². The number of carbonyl (C=O) groups is 1. The Bertz CT molecular complexity index is 632. The van der Waals surface area contributed by atoms with Crippen LogP contribution in [0.15, 0.2) is 29.3 Å². The zero-order valence-corrected chi connectivity index (χ0v) is 12.2. The number of aliphatic hydroxyl groups is 1. The van der Waals surface area contributed by atoms with Gasteiger partial charge in [0.15, 0.2) is 17.3 Å². The van der Waals surface area contributed by atoms with E-state index in [1.54, 1.807) is 26.4 Å². The highest BCUT2D eigenvalue weighted by Crippen LogP contribution is 2.27. The molecule has 0 amide bonds. The van der Waals surface area contributed by atoms with Gasteiger partial charge in [0.1, 0.15) is 0 Å². The summed E-state index contributed by atoms with van der Waals surface area (Å²) in [5, 5.41) is 9.30. The second-order valence-corrected chi connectivity index (χ2v) is 4.71. The molecule has 1 aromatic rings. The number of methoxy groups -OCH3 is 2. The molecule has 0 unspecified atom stereocenters. The lowest BCUT2D eigenvalue weighted by Gasteiger charge is -2.13. The van der Waals surface area contributed by atoms with E-state index < -0.39 is 0 Å². The molecule has 0 bridgehead atoms. The Labute approximate surface area is 124 Å². The first-order valence-corrected chi connectivity index (χ1v) is 6.79. The minimum Gasteiger partial charge on any atom is -0.493 e. The molecule has 4 nitrogen and oxygen atoms in total. The van der Waals surface area contributed by atoms with Gasteiger partial charge in [-0.25, -0.2) is 0 Å². The Morgan fingerprint density at radius 2 is 1.90 bits per heavy atom. The number of benzene rings is 1. The SMILES string of the molecule is COc1ccc(C#CC2=C(CO)C(=O)CCC2)cc1OC. The Hall–Kier alpha value is -2.25. The van der Waals surface area contributed by atoms with Crippen LogP contribution in [-0.4, -0.2) is 31.7 Å². The molecule has 21 heavy (non-hydrogen) atoms. The monoisotopic (exact) mass is 286 g/mol. The smallest absolute Gasteiger partial charge is 0.162 e. The third kappa shape index (κ3) is 3.45. The fourth-order valence-corrected chi connectivity index (χ4v) is 2.28. The minimum absolute atomic E-state index is 0.000335. The lowest BCUT2D eigenvalue weighted by atomic mass is 9.91. The molecular formula is C17H18O4. The fourth-order valence-electron chi connectivity index (χ4n) is 2.28. The van der Waals surface area contributed by atoms with Crippen molar-refractivity contribution in [3.8, 4) is 23.3 Å². The van der Waals surface area contributed by atoms with Gasteiger partial charge in [-0.3, -0.25) is 4.79 Å². The van der Waals surface area contributed by atoms with E-state index in [9.17, 15) is 9.90 Å². The molecule has 0 atom stereocenters. The second kappa shape index (κ2) is 6.96. The number of allylic oxidation sites excluding steroid dienone is 1. The Morgan fingerprint density at radius 1 is 1.14 bits per heavy atom. The maximum atomic E-state index is 11.7. The molecule has 0 fully saturated rings. The van der Waals surface area contributed by atoms with Gasteiger partial charge in [0, 0.05) is 23.1 Å². The van der Waals surface area contributed by atoms with Gasteiger partial charge in [-0.1, -0.05) is 11.8 Å². The molecule has 0 saturated heterocycles. The molecule has 0 aliphatic heterocycles. The van der Waals surface area contributed by atoms with Crippen LogP contribution in [0.25, 0.3) is 0 Å². The van der Waals surface area contributed by atoms with Crippen molar-refractivity contribution in [1.82, 2.24) is 0 Å². The van der Waals surface area contributed by atoms with Gasteiger partial charge in [0.25, 0.3) is 0 Å². The van der Waals surface area contributed by atoms with Crippen LogP contribution < -0.4 is 9.47 Å². The first kappa shape index (κ1) is 15.1. The van der Waals surface area contributed by atoms with Crippen molar-refractivity contribution >= 4 is 5.78 Å². The summed E-state index contributed by atoms with van der Waals surface area (Å²) in [5.74, 6) is 7.29. The van der Waals surface area contributed by atoms with Gasteiger partial charge < -0.3 is 14.6 Å². The molecule has 1 aliphatic carbocycles. The summed E-state index contributed by atoms with van der Waals surface area (Å²) in [6, 6.07) is 5.41. The van der Waals surface area contributed by atoms with Crippen LogP contribution in [0.4, 0.5) is 0 Å². The van der Waals surface area contributed by atoms with Crippen LogP contribution in [0.1, 0.15) is 24.8 Å². The lowest BCUT2D eigenvalue weighted by Crippen LogP contribution is -2.13. The van der Waals surface area contributed by atoms with E-state index in [1.165, 1.54) is 0 Å². The molecule has 0 saturated carbocycles. The lowest BCUT2D eigenvalue weighted by molar-refractivity contribution is -0.116. The minimum atomic E-state index is -0.241. The van der Waals surface area contributed by atoms with Gasteiger partial charge in [0.05, 0.1) is 20.8 Å². The highest BCUT2D eigenvalue weighted by molar-refractivity contribution is 5.98. The third-order valence-corrected chi connectivity index (χ3v) is 3.43. The first-order chi connectivity index (χ1) is 10.2. The van der Waals surface area contributed by atoms with Crippen molar-refractivity contribution in [1.29, 1.82) is 0 Å². The highest BCUT2D eigenvalue weighted by Gasteiger charge is 2.18. The van der Waals surface area contributed by atoms with E-state index in [0.717, 1.165) is 24.0 Å². The summed E-state index contributed by atoms with van der Waals surface area (Å²) in [5.41, 5.74) is 1.97. The average Bonchev–Trinajstić information content (AvgIpc) is 2.52. The number of rotatable bonds is 3. The molecule has 1 N–H and O–H groups in total. The molecular weight excluding hydrogens is 268 g/mol. The molecule has 110 valence electrons. The number of ether oxygens (including phenoxy) is 2. The molecule has 4 heteroatoms. The van der Waals surface area contributed by atoms with Gasteiger partial charge in [-0.05, 0) is 31.0 Å². The van der Waals surface area contributed by atoms with Crippen molar-refractivity contribution in [2.75, 3.05) is 20.8 Å². The van der Waals surface area contributed by atoms with E-state index in [4.69, 9.17) is 9.47 Å². The number of hydrogen-bond donors (Lipinski definition) is 1. The first-order valence-electron chi connectivity index (χ1n) is 6.79. The predicted octanol–water partition coefficient (Wildman–Crippen LogP) is 2.10. The third-order valence-electron chi connectivity index (χ3n) is 3.43. The van der Waals surface area contributed by atoms with Crippen molar-refractivity contribution in [3.63, 3.8) is 0 Å². The van der Waals surface area contributed by atoms with Crippen LogP contribution in [-0.2, 0) is 4.79 Å². The standard InChI is InChI=1S/C17H18O4/c1-20-16-9-7-12(10-17(16)21-2)6-8-13-4-3-5-15(19)14(13)11-18/h7,9-10,18H,3-5,11H2,1-2H3. The van der Waals surface area contributed by atoms with Gasteiger partial charge in [-0.15, -0.1) is 0 Å². The largest absolute Gasteiger partial charge is 0.493 e. The van der Waals surface area contributed by atoms with E-state index in [2.05, 4.69) is 11.8 Å². The Balaban J connectivity index is 2.32. The molecule has 0 aromatic heterocycles. The Kier molecular flexibility index (Phi) is 5.02. The normalized spacial score (nSPS) is 14.5.